The van der Waals surface area contributed by atoms with Crippen molar-refractivity contribution in [1.82, 2.24) is 14.9 Å². The number of anilines is 1. The molecule has 110 valence electrons. The summed E-state index contributed by atoms with van der Waals surface area (Å²) in [6.07, 6.45) is 3.09. The average molecular weight is 280 g/mol. The maximum absolute atomic E-state index is 11.7. The van der Waals surface area contributed by atoms with Gasteiger partial charge in [-0.25, -0.2) is 4.98 Å². The summed E-state index contributed by atoms with van der Waals surface area (Å²) in [7, 11) is 0. The zero-order valence-electron chi connectivity index (χ0n) is 11.7. The van der Waals surface area contributed by atoms with E-state index in [-0.39, 0.29) is 11.4 Å². The second kappa shape index (κ2) is 5.49. The average Bonchev–Trinajstić information content (AvgIpc) is 2.47. The van der Waals surface area contributed by atoms with Crippen molar-refractivity contribution in [3.8, 4) is 0 Å². The van der Waals surface area contributed by atoms with E-state index in [1.54, 1.807) is 6.20 Å². The van der Waals surface area contributed by atoms with Crippen LogP contribution in [0.3, 0.4) is 0 Å². The van der Waals surface area contributed by atoms with Gasteiger partial charge in [-0.15, -0.1) is 0 Å². The van der Waals surface area contributed by atoms with Crippen LogP contribution >= 0.6 is 0 Å². The van der Waals surface area contributed by atoms with Gasteiger partial charge in [0.05, 0.1) is 5.54 Å². The highest BCUT2D eigenvalue weighted by molar-refractivity contribution is 5.88. The zero-order chi connectivity index (χ0) is 14.8. The van der Waals surface area contributed by atoms with Crippen molar-refractivity contribution in [1.29, 1.82) is 0 Å². The number of hydrogen-bond donors (Lipinski definition) is 3. The van der Waals surface area contributed by atoms with E-state index in [4.69, 9.17) is 10.9 Å². The zero-order valence-corrected chi connectivity index (χ0v) is 11.7. The van der Waals surface area contributed by atoms with E-state index < -0.39 is 5.54 Å². The summed E-state index contributed by atoms with van der Waals surface area (Å²) in [6.45, 7) is 6.57. The Labute approximate surface area is 116 Å². The molecule has 0 unspecified atom stereocenters. The minimum atomic E-state index is -0.516. The standard InChI is InChI=1S/C12H20N6O2/c1-12(2,11(13)16-20)18-7-5-17(6-8-18)9-10(19)15-4-3-14-9/h3-4,20H,5-8H2,1-2H3,(H2,13,16)(H,15,19). The molecular formula is C12H20N6O2. The van der Waals surface area contributed by atoms with Gasteiger partial charge < -0.3 is 20.8 Å². The predicted octanol–water partition coefficient (Wildman–Crippen LogP) is -0.583. The SMILES string of the molecule is CC(C)(/C(N)=N/O)N1CCN(c2ncc[nH]c2=O)CC1. The molecule has 1 aromatic rings. The van der Waals surface area contributed by atoms with Crippen LogP contribution in [0, 0.1) is 0 Å². The molecule has 0 bridgehead atoms. The number of oxime groups is 1. The fraction of sp³-hybridized carbons (Fsp3) is 0.583. The van der Waals surface area contributed by atoms with Crippen LogP contribution in [0.15, 0.2) is 22.3 Å². The number of nitrogens with two attached hydrogens (primary N) is 1. The third kappa shape index (κ3) is 2.60. The molecule has 1 fully saturated rings. The molecule has 8 heteroatoms. The number of aromatic nitrogens is 2. The lowest BCUT2D eigenvalue weighted by atomic mass is 10.0. The molecule has 1 aliphatic heterocycles. The van der Waals surface area contributed by atoms with Crippen LogP contribution in [0.4, 0.5) is 5.82 Å². The molecule has 0 aromatic carbocycles. The highest BCUT2D eigenvalue weighted by atomic mass is 16.4. The Morgan fingerprint density at radius 2 is 2.10 bits per heavy atom. The molecule has 0 aliphatic carbocycles. The minimum Gasteiger partial charge on any atom is -0.409 e. The number of hydrogen-bond acceptors (Lipinski definition) is 6. The summed E-state index contributed by atoms with van der Waals surface area (Å²) in [5.41, 5.74) is 5.03. The van der Waals surface area contributed by atoms with E-state index >= 15 is 0 Å². The maximum atomic E-state index is 11.7. The fourth-order valence-electron chi connectivity index (χ4n) is 2.33. The second-order valence-corrected chi connectivity index (χ2v) is 5.26. The number of nitrogens with zero attached hydrogens (tertiary/aromatic N) is 4. The van der Waals surface area contributed by atoms with Crippen molar-refractivity contribution in [3.05, 3.63) is 22.7 Å². The molecule has 2 rings (SSSR count). The van der Waals surface area contributed by atoms with Crippen LogP contribution in [0.1, 0.15) is 13.8 Å². The summed E-state index contributed by atoms with van der Waals surface area (Å²) < 4.78 is 0. The minimum absolute atomic E-state index is 0.182. The molecule has 0 amide bonds. The van der Waals surface area contributed by atoms with Gasteiger partial charge in [0.25, 0.3) is 5.56 Å². The first kappa shape index (κ1) is 14.3. The Hall–Kier alpha value is -2.09. The van der Waals surface area contributed by atoms with Crippen LogP contribution in [-0.4, -0.2) is 57.6 Å². The molecule has 4 N–H and O–H groups in total. The molecule has 0 atom stereocenters. The van der Waals surface area contributed by atoms with Crippen molar-refractivity contribution in [2.24, 2.45) is 10.9 Å². The Morgan fingerprint density at radius 1 is 1.45 bits per heavy atom. The van der Waals surface area contributed by atoms with Gasteiger partial charge in [-0.3, -0.25) is 9.69 Å². The Kier molecular flexibility index (Phi) is 3.93. The maximum Gasteiger partial charge on any atom is 0.290 e. The quantitative estimate of drug-likeness (QED) is 0.295. The lowest BCUT2D eigenvalue weighted by molar-refractivity contribution is 0.160. The first-order valence-electron chi connectivity index (χ1n) is 6.48. The van der Waals surface area contributed by atoms with Gasteiger partial charge in [0.1, 0.15) is 0 Å². The number of amidine groups is 1. The highest BCUT2D eigenvalue weighted by Gasteiger charge is 2.34. The summed E-state index contributed by atoms with van der Waals surface area (Å²) >= 11 is 0. The Bertz CT molecular complexity index is 545. The van der Waals surface area contributed by atoms with Crippen LogP contribution in [0.5, 0.6) is 0 Å². The van der Waals surface area contributed by atoms with E-state index in [9.17, 15) is 4.79 Å². The molecule has 0 spiro atoms. The first-order valence-corrected chi connectivity index (χ1v) is 6.48. The van der Waals surface area contributed by atoms with Crippen LogP contribution in [-0.2, 0) is 0 Å². The number of aromatic amines is 1. The number of rotatable bonds is 3. The molecule has 1 aliphatic rings. The molecule has 20 heavy (non-hydrogen) atoms. The number of H-pyrrole nitrogens is 1. The monoisotopic (exact) mass is 280 g/mol. The van der Waals surface area contributed by atoms with E-state index in [0.717, 1.165) is 0 Å². The lowest BCUT2D eigenvalue weighted by Crippen LogP contribution is -2.60. The van der Waals surface area contributed by atoms with Crippen molar-refractivity contribution >= 4 is 11.7 Å². The van der Waals surface area contributed by atoms with Crippen molar-refractivity contribution in [3.63, 3.8) is 0 Å². The second-order valence-electron chi connectivity index (χ2n) is 5.26. The molecule has 1 aromatic heterocycles. The first-order chi connectivity index (χ1) is 9.46. The van der Waals surface area contributed by atoms with Gasteiger partial charge >= 0.3 is 0 Å². The van der Waals surface area contributed by atoms with Crippen molar-refractivity contribution in [2.75, 3.05) is 31.1 Å². The number of piperazine rings is 1. The highest BCUT2D eigenvalue weighted by Crippen LogP contribution is 2.18. The number of nitrogens with one attached hydrogen (secondary N) is 1. The summed E-state index contributed by atoms with van der Waals surface area (Å²) in [5, 5.41) is 11.9. The Balaban J connectivity index is 2.07. The van der Waals surface area contributed by atoms with E-state index in [1.807, 2.05) is 18.7 Å². The van der Waals surface area contributed by atoms with Crippen LogP contribution in [0.2, 0.25) is 0 Å². The normalized spacial score (nSPS) is 18.3. The molecule has 8 nitrogen and oxygen atoms in total. The van der Waals surface area contributed by atoms with Gasteiger partial charge in [-0.2, -0.15) is 0 Å². The van der Waals surface area contributed by atoms with Crippen LogP contribution < -0.4 is 16.2 Å². The largest absolute Gasteiger partial charge is 0.409 e. The van der Waals surface area contributed by atoms with Gasteiger partial charge in [-0.05, 0) is 13.8 Å². The summed E-state index contributed by atoms with van der Waals surface area (Å²) in [5.74, 6) is 0.621. The predicted molar refractivity (Wildman–Crippen MR) is 76.1 cm³/mol. The Morgan fingerprint density at radius 3 is 2.65 bits per heavy atom. The van der Waals surface area contributed by atoms with Gasteiger partial charge in [0, 0.05) is 38.6 Å². The molecule has 0 radical (unpaired) electrons. The molecule has 2 heterocycles. The van der Waals surface area contributed by atoms with Crippen molar-refractivity contribution < 1.29 is 5.21 Å². The van der Waals surface area contributed by atoms with E-state index in [1.165, 1.54) is 6.20 Å². The van der Waals surface area contributed by atoms with Crippen LogP contribution in [0.25, 0.3) is 0 Å². The molecule has 0 saturated carbocycles. The van der Waals surface area contributed by atoms with Gasteiger partial charge in [0.2, 0.25) is 0 Å². The van der Waals surface area contributed by atoms with Crippen molar-refractivity contribution in [2.45, 2.75) is 19.4 Å². The third-order valence-corrected chi connectivity index (χ3v) is 3.79. The van der Waals surface area contributed by atoms with E-state index in [0.29, 0.717) is 32.0 Å². The molecular weight excluding hydrogens is 260 g/mol. The summed E-state index contributed by atoms with van der Waals surface area (Å²) in [4.78, 5) is 22.5. The fourth-order valence-corrected chi connectivity index (χ4v) is 2.33. The lowest BCUT2D eigenvalue weighted by Gasteiger charge is -2.43. The van der Waals surface area contributed by atoms with E-state index in [2.05, 4.69) is 20.0 Å². The van der Waals surface area contributed by atoms with Gasteiger partial charge in [0.15, 0.2) is 11.7 Å². The smallest absolute Gasteiger partial charge is 0.290 e. The van der Waals surface area contributed by atoms with Gasteiger partial charge in [-0.1, -0.05) is 5.16 Å². The topological polar surface area (TPSA) is 111 Å². The summed E-state index contributed by atoms with van der Waals surface area (Å²) in [6, 6.07) is 0. The molecule has 1 saturated heterocycles. The third-order valence-electron chi connectivity index (χ3n) is 3.79.